The lowest BCUT2D eigenvalue weighted by molar-refractivity contribution is -0.122. The minimum absolute atomic E-state index is 0.000400. The van der Waals surface area contributed by atoms with Crippen molar-refractivity contribution < 1.29 is 19.4 Å². The topological polar surface area (TPSA) is 98.8 Å². The van der Waals surface area contributed by atoms with Crippen molar-refractivity contribution >= 4 is 12.4 Å². The highest BCUT2D eigenvalue weighted by molar-refractivity contribution is 5.93. The highest BCUT2D eigenvalue weighted by Crippen LogP contribution is 2.27. The molecule has 0 saturated heterocycles. The van der Waals surface area contributed by atoms with Crippen molar-refractivity contribution in [3.8, 4) is 5.75 Å². The largest absolute Gasteiger partial charge is 0.491 e. The molecule has 0 fully saturated rings. The Morgan fingerprint density at radius 1 is 1.14 bits per heavy atom. The van der Waals surface area contributed by atoms with E-state index in [9.17, 15) is 4.79 Å². The molecule has 36 heavy (non-hydrogen) atoms. The number of carbonyl (C=O) groups is 2. The number of carboxylic acid groups (broad SMARTS) is 1. The van der Waals surface area contributed by atoms with Crippen LogP contribution in [0.1, 0.15) is 52.2 Å². The van der Waals surface area contributed by atoms with Crippen LogP contribution in [-0.4, -0.2) is 70.8 Å². The number of benzene rings is 2. The van der Waals surface area contributed by atoms with Gasteiger partial charge in [-0.15, -0.1) is 0 Å². The van der Waals surface area contributed by atoms with Gasteiger partial charge in [-0.25, -0.2) is 0 Å². The minimum atomic E-state index is -0.250. The van der Waals surface area contributed by atoms with Crippen LogP contribution >= 0.6 is 0 Å². The number of rotatable bonds is 2. The Balaban J connectivity index is 0.00000115. The van der Waals surface area contributed by atoms with Crippen LogP contribution in [0.2, 0.25) is 0 Å². The summed E-state index contributed by atoms with van der Waals surface area (Å²) in [4.78, 5) is 25.7. The summed E-state index contributed by atoms with van der Waals surface area (Å²) in [6.45, 7) is 5.42. The van der Waals surface area contributed by atoms with Gasteiger partial charge in [0.05, 0.1) is 18.3 Å². The second-order valence-corrected chi connectivity index (χ2v) is 9.12. The number of hydrogen-bond donors (Lipinski definition) is 2. The standard InChI is InChI=1S/C27H34N4O2.CH2O2/c1-21-10-11-26-24(17-21)20-30(2)14-12-23(22-7-4-3-5-8-22)9-6-13-31(15-16-33-26)27(32)25-18-28-29-19-25;2-1-3/h3-5,7-8,10-11,17-19,23H,6,9,12-16,20H2,1-2H3,(H,28,29);1H,(H,2,3). The molecule has 3 aromatic rings. The van der Waals surface area contributed by atoms with Crippen LogP contribution < -0.4 is 4.74 Å². The number of aromatic amines is 1. The molecule has 4 rings (SSSR count). The minimum Gasteiger partial charge on any atom is -0.491 e. The van der Waals surface area contributed by atoms with Crippen molar-refractivity contribution in [3.05, 3.63) is 83.2 Å². The highest BCUT2D eigenvalue weighted by Gasteiger charge is 2.20. The fraction of sp³-hybridized carbons (Fsp3) is 0.393. The zero-order valence-electron chi connectivity index (χ0n) is 21.1. The zero-order chi connectivity index (χ0) is 25.8. The van der Waals surface area contributed by atoms with Crippen LogP contribution in [0.4, 0.5) is 0 Å². The van der Waals surface area contributed by atoms with Crippen LogP contribution in [0.3, 0.4) is 0 Å². The van der Waals surface area contributed by atoms with E-state index in [0.717, 1.165) is 38.1 Å². The molecule has 2 heterocycles. The molecule has 1 aliphatic rings. The summed E-state index contributed by atoms with van der Waals surface area (Å²) in [6.07, 6.45) is 6.33. The molecule has 1 amide bonds. The molecule has 1 aliphatic heterocycles. The summed E-state index contributed by atoms with van der Waals surface area (Å²) in [5.74, 6) is 1.37. The fourth-order valence-corrected chi connectivity index (χ4v) is 4.58. The number of ether oxygens (including phenoxy) is 1. The Labute approximate surface area is 212 Å². The predicted octanol–water partition coefficient (Wildman–Crippen LogP) is 4.34. The van der Waals surface area contributed by atoms with Crippen LogP contribution in [0.25, 0.3) is 0 Å². The molecular formula is C28H36N4O4. The maximum absolute atomic E-state index is 13.1. The van der Waals surface area contributed by atoms with Crippen molar-refractivity contribution in [2.75, 3.05) is 33.3 Å². The molecule has 0 saturated carbocycles. The highest BCUT2D eigenvalue weighted by atomic mass is 16.5. The van der Waals surface area contributed by atoms with Gasteiger partial charge < -0.3 is 19.6 Å². The van der Waals surface area contributed by atoms with E-state index in [0.29, 0.717) is 31.2 Å². The summed E-state index contributed by atoms with van der Waals surface area (Å²) >= 11 is 0. The summed E-state index contributed by atoms with van der Waals surface area (Å²) < 4.78 is 6.18. The Bertz CT molecular complexity index is 1070. The van der Waals surface area contributed by atoms with Crippen LogP contribution in [-0.2, 0) is 11.3 Å². The van der Waals surface area contributed by atoms with Crippen molar-refractivity contribution in [1.29, 1.82) is 0 Å². The number of aromatic nitrogens is 2. The van der Waals surface area contributed by atoms with Gasteiger partial charge >= 0.3 is 0 Å². The molecule has 192 valence electrons. The molecule has 0 spiro atoms. The predicted molar refractivity (Wildman–Crippen MR) is 139 cm³/mol. The Morgan fingerprint density at radius 2 is 1.92 bits per heavy atom. The number of nitrogens with one attached hydrogen (secondary N) is 1. The third-order valence-electron chi connectivity index (χ3n) is 6.42. The van der Waals surface area contributed by atoms with E-state index in [-0.39, 0.29) is 12.4 Å². The van der Waals surface area contributed by atoms with Gasteiger partial charge in [-0.3, -0.25) is 14.7 Å². The molecular weight excluding hydrogens is 456 g/mol. The molecule has 0 radical (unpaired) electrons. The smallest absolute Gasteiger partial charge is 0.290 e. The first kappa shape index (κ1) is 26.9. The normalized spacial score (nSPS) is 17.5. The second kappa shape index (κ2) is 14.0. The van der Waals surface area contributed by atoms with Crippen molar-refractivity contribution in [2.24, 2.45) is 0 Å². The number of H-pyrrole nitrogens is 1. The third-order valence-corrected chi connectivity index (χ3v) is 6.42. The van der Waals surface area contributed by atoms with E-state index in [4.69, 9.17) is 14.6 Å². The van der Waals surface area contributed by atoms with Crippen LogP contribution in [0, 0.1) is 6.92 Å². The van der Waals surface area contributed by atoms with E-state index >= 15 is 0 Å². The quantitative estimate of drug-likeness (QED) is 0.517. The van der Waals surface area contributed by atoms with Crippen LogP contribution in [0.15, 0.2) is 60.9 Å². The van der Waals surface area contributed by atoms with Crippen molar-refractivity contribution in [1.82, 2.24) is 20.0 Å². The number of fused-ring (bicyclic) bond motifs is 1. The zero-order valence-corrected chi connectivity index (χ0v) is 21.1. The summed E-state index contributed by atoms with van der Waals surface area (Å²) in [6, 6.07) is 17.1. The maximum atomic E-state index is 13.1. The number of aryl methyl sites for hydroxylation is 1. The molecule has 8 nitrogen and oxygen atoms in total. The number of nitrogens with zero attached hydrogens (tertiary/aromatic N) is 3. The molecule has 0 aliphatic carbocycles. The summed E-state index contributed by atoms with van der Waals surface area (Å²) in [5, 5.41) is 13.6. The SMILES string of the molecule is Cc1ccc2c(c1)CN(C)CCC(c1ccccc1)CCCN(C(=O)c1cn[nH]c1)CCO2.O=CO. The first-order valence-corrected chi connectivity index (χ1v) is 12.3. The molecule has 1 aromatic heterocycles. The Morgan fingerprint density at radius 3 is 2.64 bits per heavy atom. The maximum Gasteiger partial charge on any atom is 0.290 e. The molecule has 1 unspecified atom stereocenters. The van der Waals surface area contributed by atoms with Gasteiger partial charge in [0.25, 0.3) is 12.4 Å². The van der Waals surface area contributed by atoms with Crippen LogP contribution in [0.5, 0.6) is 5.75 Å². The van der Waals surface area contributed by atoms with Gasteiger partial charge in [-0.05, 0) is 57.3 Å². The van der Waals surface area contributed by atoms with Gasteiger partial charge in [0.2, 0.25) is 0 Å². The molecule has 2 aromatic carbocycles. The lowest BCUT2D eigenvalue weighted by atomic mass is 9.91. The van der Waals surface area contributed by atoms with Gasteiger partial charge in [0.1, 0.15) is 12.4 Å². The number of hydrogen-bond acceptors (Lipinski definition) is 5. The number of amides is 1. The monoisotopic (exact) mass is 492 g/mol. The molecule has 1 atom stereocenters. The molecule has 0 bridgehead atoms. The summed E-state index contributed by atoms with van der Waals surface area (Å²) in [7, 11) is 2.19. The Hall–Kier alpha value is -3.65. The first-order chi connectivity index (χ1) is 17.5. The Kier molecular flexibility index (Phi) is 10.5. The van der Waals surface area contributed by atoms with E-state index in [1.807, 2.05) is 4.90 Å². The first-order valence-electron chi connectivity index (χ1n) is 12.3. The second-order valence-electron chi connectivity index (χ2n) is 9.12. The van der Waals surface area contributed by atoms with E-state index < -0.39 is 0 Å². The lowest BCUT2D eigenvalue weighted by Gasteiger charge is -2.27. The van der Waals surface area contributed by atoms with Gasteiger partial charge in [-0.2, -0.15) is 5.10 Å². The molecule has 2 N–H and O–H groups in total. The molecule has 8 heteroatoms. The van der Waals surface area contributed by atoms with E-state index in [2.05, 4.69) is 77.6 Å². The van der Waals surface area contributed by atoms with Gasteiger partial charge in [-0.1, -0.05) is 48.0 Å². The van der Waals surface area contributed by atoms with E-state index in [1.54, 1.807) is 12.4 Å². The average Bonchev–Trinajstić information content (AvgIpc) is 3.41. The summed E-state index contributed by atoms with van der Waals surface area (Å²) in [5.41, 5.74) is 4.39. The lowest BCUT2D eigenvalue weighted by Crippen LogP contribution is -2.35. The van der Waals surface area contributed by atoms with Crippen molar-refractivity contribution in [2.45, 2.75) is 38.6 Å². The van der Waals surface area contributed by atoms with Gasteiger partial charge in [0, 0.05) is 24.8 Å². The average molecular weight is 493 g/mol. The van der Waals surface area contributed by atoms with Gasteiger partial charge in [0.15, 0.2) is 0 Å². The third kappa shape index (κ3) is 7.95. The fourth-order valence-electron chi connectivity index (χ4n) is 4.58. The number of carbonyl (C=O) groups excluding carboxylic acids is 1. The van der Waals surface area contributed by atoms with Crippen molar-refractivity contribution in [3.63, 3.8) is 0 Å². The van der Waals surface area contributed by atoms with E-state index in [1.165, 1.54) is 16.7 Å².